The number of aromatic nitrogens is 2. The number of amides is 2. The molecule has 0 saturated carbocycles. The summed E-state index contributed by atoms with van der Waals surface area (Å²) in [6, 6.07) is 7.86. The summed E-state index contributed by atoms with van der Waals surface area (Å²) in [5.41, 5.74) is 7.16. The zero-order valence-corrected chi connectivity index (χ0v) is 16.5. The van der Waals surface area contributed by atoms with E-state index in [0.29, 0.717) is 22.3 Å². The standard InChI is InChI=1S/C21H22FN5O4/c22-13-3-1-11(2-4-13)5-15(21(31)27-9-17(28)18(29)10-27)26-20(30)14-6-12-7-19(23)24-8-16(12)25-14/h1-4,6-8,15,17-18,25,28-29H,5,9-10H2,(H2,23,24)(H,26,30)/t15-,17+,18+/m0/s1. The summed E-state index contributed by atoms with van der Waals surface area (Å²) in [4.78, 5) is 34.2. The molecular formula is C21H22FN5O4. The number of β-amino-alcohol motifs (C(OH)–C–C–N with tert-alkyl or cyclic N) is 2. The predicted octanol–water partition coefficient (Wildman–Crippen LogP) is 0.189. The highest BCUT2D eigenvalue weighted by atomic mass is 19.1. The largest absolute Gasteiger partial charge is 0.388 e. The molecule has 3 heterocycles. The lowest BCUT2D eigenvalue weighted by atomic mass is 10.0. The highest BCUT2D eigenvalue weighted by Crippen LogP contribution is 2.18. The second-order valence-corrected chi connectivity index (χ2v) is 7.61. The highest BCUT2D eigenvalue weighted by molar-refractivity contribution is 6.00. The van der Waals surface area contributed by atoms with Gasteiger partial charge in [0.05, 0.1) is 23.9 Å². The summed E-state index contributed by atoms with van der Waals surface area (Å²) in [6.45, 7) is -0.0692. The van der Waals surface area contributed by atoms with Gasteiger partial charge in [-0.2, -0.15) is 0 Å². The molecule has 2 aromatic heterocycles. The lowest BCUT2D eigenvalue weighted by Crippen LogP contribution is -2.49. The molecule has 0 bridgehead atoms. The Hall–Kier alpha value is -3.50. The number of H-pyrrole nitrogens is 1. The zero-order chi connectivity index (χ0) is 22.1. The van der Waals surface area contributed by atoms with Gasteiger partial charge in [-0.3, -0.25) is 9.59 Å². The van der Waals surface area contributed by atoms with E-state index in [9.17, 15) is 24.2 Å². The van der Waals surface area contributed by atoms with Gasteiger partial charge in [-0.15, -0.1) is 0 Å². The van der Waals surface area contributed by atoms with Gasteiger partial charge < -0.3 is 31.1 Å². The van der Waals surface area contributed by atoms with Crippen molar-refractivity contribution in [1.29, 1.82) is 0 Å². The van der Waals surface area contributed by atoms with Crippen molar-refractivity contribution in [2.75, 3.05) is 18.8 Å². The number of halogens is 1. The molecule has 0 spiro atoms. The number of pyridine rings is 1. The number of carbonyl (C=O) groups excluding carboxylic acids is 2. The lowest BCUT2D eigenvalue weighted by Gasteiger charge is -2.24. The van der Waals surface area contributed by atoms with E-state index in [-0.39, 0.29) is 25.2 Å². The Morgan fingerprint density at radius 1 is 1.23 bits per heavy atom. The Morgan fingerprint density at radius 3 is 2.58 bits per heavy atom. The van der Waals surface area contributed by atoms with Gasteiger partial charge >= 0.3 is 0 Å². The molecule has 3 atom stereocenters. The van der Waals surface area contributed by atoms with Crippen LogP contribution in [0.1, 0.15) is 16.1 Å². The van der Waals surface area contributed by atoms with Crippen LogP contribution in [-0.2, 0) is 11.2 Å². The Morgan fingerprint density at radius 2 is 1.90 bits per heavy atom. The highest BCUT2D eigenvalue weighted by Gasteiger charge is 2.36. The van der Waals surface area contributed by atoms with Gasteiger partial charge in [0.2, 0.25) is 5.91 Å². The minimum absolute atomic E-state index is 0.0346. The van der Waals surface area contributed by atoms with Crippen LogP contribution in [0.5, 0.6) is 0 Å². The molecule has 0 radical (unpaired) electrons. The van der Waals surface area contributed by atoms with E-state index in [1.807, 2.05) is 0 Å². The van der Waals surface area contributed by atoms with Crippen molar-refractivity contribution in [2.24, 2.45) is 0 Å². The molecule has 1 aliphatic rings. The number of aliphatic hydroxyl groups excluding tert-OH is 2. The average Bonchev–Trinajstić information content (AvgIpc) is 3.31. The van der Waals surface area contributed by atoms with Gasteiger partial charge in [0, 0.05) is 24.9 Å². The summed E-state index contributed by atoms with van der Waals surface area (Å²) in [5.74, 6) is -1.06. The molecule has 1 aromatic carbocycles. The maximum atomic E-state index is 13.3. The molecule has 6 N–H and O–H groups in total. The van der Waals surface area contributed by atoms with Gasteiger partial charge in [0.15, 0.2) is 0 Å². The number of fused-ring (bicyclic) bond motifs is 1. The van der Waals surface area contributed by atoms with E-state index < -0.39 is 35.9 Å². The number of aromatic amines is 1. The lowest BCUT2D eigenvalue weighted by molar-refractivity contribution is -0.132. The Kier molecular flexibility index (Phi) is 5.57. The Balaban J connectivity index is 1.57. The van der Waals surface area contributed by atoms with Crippen LogP contribution in [0.15, 0.2) is 42.6 Å². The van der Waals surface area contributed by atoms with Crippen molar-refractivity contribution in [1.82, 2.24) is 20.2 Å². The second-order valence-electron chi connectivity index (χ2n) is 7.61. The van der Waals surface area contributed by atoms with Crippen LogP contribution in [0.4, 0.5) is 10.2 Å². The summed E-state index contributed by atoms with van der Waals surface area (Å²) >= 11 is 0. The number of nitrogens with two attached hydrogens (primary N) is 1. The molecule has 162 valence electrons. The minimum Gasteiger partial charge on any atom is -0.388 e. The van der Waals surface area contributed by atoms with Crippen LogP contribution >= 0.6 is 0 Å². The first-order chi connectivity index (χ1) is 14.8. The van der Waals surface area contributed by atoms with Crippen molar-refractivity contribution >= 4 is 28.5 Å². The molecule has 2 amide bonds. The SMILES string of the molecule is Nc1cc2cc(C(=O)N[C@@H](Cc3ccc(F)cc3)C(=O)N3C[C@@H](O)[C@H](O)C3)[nH]c2cn1. The quantitative estimate of drug-likeness (QED) is 0.393. The number of hydrogen-bond donors (Lipinski definition) is 5. The molecule has 1 aliphatic heterocycles. The minimum atomic E-state index is -1.04. The van der Waals surface area contributed by atoms with Crippen LogP contribution in [0.25, 0.3) is 10.9 Å². The van der Waals surface area contributed by atoms with Crippen molar-refractivity contribution in [3.05, 3.63) is 59.7 Å². The summed E-state index contributed by atoms with van der Waals surface area (Å²) in [7, 11) is 0. The molecule has 1 saturated heterocycles. The predicted molar refractivity (Wildman–Crippen MR) is 110 cm³/mol. The van der Waals surface area contributed by atoms with Crippen molar-refractivity contribution < 1.29 is 24.2 Å². The van der Waals surface area contributed by atoms with Crippen LogP contribution < -0.4 is 11.1 Å². The molecule has 0 aliphatic carbocycles. The number of nitrogens with one attached hydrogen (secondary N) is 2. The summed E-state index contributed by atoms with van der Waals surface area (Å²) < 4.78 is 13.3. The number of rotatable bonds is 5. The average molecular weight is 427 g/mol. The van der Waals surface area contributed by atoms with Crippen molar-refractivity contribution in [2.45, 2.75) is 24.7 Å². The number of nitrogen functional groups attached to an aromatic ring is 1. The van der Waals surface area contributed by atoms with Crippen LogP contribution in [-0.4, -0.2) is 68.2 Å². The molecular weight excluding hydrogens is 405 g/mol. The van der Waals surface area contributed by atoms with E-state index >= 15 is 0 Å². The van der Waals surface area contributed by atoms with Crippen LogP contribution in [0.2, 0.25) is 0 Å². The van der Waals surface area contributed by atoms with Gasteiger partial charge in [0.1, 0.15) is 23.4 Å². The van der Waals surface area contributed by atoms with Gasteiger partial charge in [-0.25, -0.2) is 9.37 Å². The van der Waals surface area contributed by atoms with Crippen LogP contribution in [0, 0.1) is 5.82 Å². The third-order valence-corrected chi connectivity index (χ3v) is 5.30. The fraction of sp³-hybridized carbons (Fsp3) is 0.286. The van der Waals surface area contributed by atoms with Gasteiger partial charge in [-0.05, 0) is 29.8 Å². The number of likely N-dealkylation sites (tertiary alicyclic amines) is 1. The first-order valence-corrected chi connectivity index (χ1v) is 9.74. The van der Waals surface area contributed by atoms with E-state index in [4.69, 9.17) is 5.73 Å². The van der Waals surface area contributed by atoms with Gasteiger partial charge in [-0.1, -0.05) is 12.1 Å². The maximum absolute atomic E-state index is 13.3. The number of benzene rings is 1. The molecule has 31 heavy (non-hydrogen) atoms. The third kappa shape index (κ3) is 4.49. The summed E-state index contributed by atoms with van der Waals surface area (Å²) in [5, 5.41) is 23.0. The molecule has 10 heteroatoms. The number of nitrogens with zero attached hydrogens (tertiary/aromatic N) is 2. The topological polar surface area (TPSA) is 145 Å². The first kappa shape index (κ1) is 20.8. The third-order valence-electron chi connectivity index (χ3n) is 5.30. The maximum Gasteiger partial charge on any atom is 0.268 e. The Bertz CT molecular complexity index is 1110. The van der Waals surface area contributed by atoms with E-state index in [0.717, 1.165) is 0 Å². The number of carbonyl (C=O) groups is 2. The van der Waals surface area contributed by atoms with E-state index in [1.54, 1.807) is 12.1 Å². The fourth-order valence-electron chi connectivity index (χ4n) is 3.63. The Labute approximate surface area is 176 Å². The van der Waals surface area contributed by atoms with E-state index in [1.165, 1.54) is 35.4 Å². The van der Waals surface area contributed by atoms with Crippen molar-refractivity contribution in [3.63, 3.8) is 0 Å². The van der Waals surface area contributed by atoms with E-state index in [2.05, 4.69) is 15.3 Å². The first-order valence-electron chi connectivity index (χ1n) is 9.74. The van der Waals surface area contributed by atoms with Gasteiger partial charge in [0.25, 0.3) is 5.91 Å². The fourth-order valence-corrected chi connectivity index (χ4v) is 3.63. The molecule has 3 aromatic rings. The summed E-state index contributed by atoms with van der Waals surface area (Å²) in [6.07, 6.45) is -0.465. The normalized spacial score (nSPS) is 19.5. The monoisotopic (exact) mass is 427 g/mol. The molecule has 4 rings (SSSR count). The number of aliphatic hydroxyl groups is 2. The molecule has 9 nitrogen and oxygen atoms in total. The van der Waals surface area contributed by atoms with Crippen LogP contribution in [0.3, 0.4) is 0 Å². The number of hydrogen-bond acceptors (Lipinski definition) is 6. The smallest absolute Gasteiger partial charge is 0.268 e. The van der Waals surface area contributed by atoms with Crippen molar-refractivity contribution in [3.8, 4) is 0 Å². The zero-order valence-electron chi connectivity index (χ0n) is 16.5. The molecule has 0 unspecified atom stereocenters. The second kappa shape index (κ2) is 8.32. The number of anilines is 1. The molecule has 1 fully saturated rings.